The van der Waals surface area contributed by atoms with Crippen molar-refractivity contribution < 1.29 is 9.53 Å². The zero-order valence-electron chi connectivity index (χ0n) is 10.6. The average molecular weight is 236 g/mol. The fourth-order valence-electron chi connectivity index (χ4n) is 1.69. The number of hydrogen-bond acceptors (Lipinski definition) is 4. The summed E-state index contributed by atoms with van der Waals surface area (Å²) in [5, 5.41) is 0. The maximum Gasteiger partial charge on any atom is 0.302 e. The standard InChI is InChI=1S/C13H20N2O2/c1-11(17-12(2)16)7-4-3-5-8-13-14-9-6-10-15-13/h6,9-11H,3-5,7-8H2,1-2H3. The van der Waals surface area contributed by atoms with E-state index in [4.69, 9.17) is 4.74 Å². The number of esters is 1. The van der Waals surface area contributed by atoms with Crippen LogP contribution in [0.1, 0.15) is 45.4 Å². The Morgan fingerprint density at radius 2 is 2.00 bits per heavy atom. The van der Waals surface area contributed by atoms with Crippen LogP contribution in [0.4, 0.5) is 0 Å². The van der Waals surface area contributed by atoms with E-state index in [-0.39, 0.29) is 12.1 Å². The monoisotopic (exact) mass is 236 g/mol. The number of ether oxygens (including phenoxy) is 1. The zero-order valence-corrected chi connectivity index (χ0v) is 10.6. The first kappa shape index (κ1) is 13.6. The highest BCUT2D eigenvalue weighted by Gasteiger charge is 2.04. The molecule has 1 aromatic rings. The Morgan fingerprint density at radius 3 is 2.65 bits per heavy atom. The van der Waals surface area contributed by atoms with E-state index in [0.29, 0.717) is 0 Å². The molecule has 0 saturated carbocycles. The van der Waals surface area contributed by atoms with Crippen molar-refractivity contribution in [1.82, 2.24) is 9.97 Å². The minimum Gasteiger partial charge on any atom is -0.463 e. The average Bonchev–Trinajstić information content (AvgIpc) is 2.29. The lowest BCUT2D eigenvalue weighted by Crippen LogP contribution is -2.11. The number of unbranched alkanes of at least 4 members (excludes halogenated alkanes) is 2. The first-order valence-electron chi connectivity index (χ1n) is 6.11. The highest BCUT2D eigenvalue weighted by molar-refractivity contribution is 5.66. The molecule has 0 fully saturated rings. The summed E-state index contributed by atoms with van der Waals surface area (Å²) in [6.07, 6.45) is 8.68. The molecule has 0 aliphatic carbocycles. The molecule has 4 heteroatoms. The van der Waals surface area contributed by atoms with E-state index in [9.17, 15) is 4.79 Å². The van der Waals surface area contributed by atoms with Crippen molar-refractivity contribution in [2.75, 3.05) is 0 Å². The van der Waals surface area contributed by atoms with E-state index in [2.05, 4.69) is 9.97 Å². The lowest BCUT2D eigenvalue weighted by atomic mass is 10.1. The van der Waals surface area contributed by atoms with Gasteiger partial charge in [0.25, 0.3) is 0 Å². The van der Waals surface area contributed by atoms with Crippen molar-refractivity contribution in [2.24, 2.45) is 0 Å². The maximum atomic E-state index is 10.7. The van der Waals surface area contributed by atoms with Crippen LogP contribution in [0.15, 0.2) is 18.5 Å². The van der Waals surface area contributed by atoms with Crippen LogP contribution in [0, 0.1) is 0 Å². The van der Waals surface area contributed by atoms with Crippen molar-refractivity contribution >= 4 is 5.97 Å². The van der Waals surface area contributed by atoms with Crippen LogP contribution in [-0.4, -0.2) is 22.0 Å². The van der Waals surface area contributed by atoms with Crippen LogP contribution in [0.3, 0.4) is 0 Å². The summed E-state index contributed by atoms with van der Waals surface area (Å²) >= 11 is 0. The fraction of sp³-hybridized carbons (Fsp3) is 0.615. The normalized spacial score (nSPS) is 12.1. The van der Waals surface area contributed by atoms with E-state index >= 15 is 0 Å². The van der Waals surface area contributed by atoms with Crippen LogP contribution >= 0.6 is 0 Å². The van der Waals surface area contributed by atoms with E-state index < -0.39 is 0 Å². The van der Waals surface area contributed by atoms with Gasteiger partial charge < -0.3 is 4.74 Å². The Hall–Kier alpha value is -1.45. The minimum absolute atomic E-state index is 0.0282. The molecule has 0 amide bonds. The van der Waals surface area contributed by atoms with Crippen LogP contribution in [0.2, 0.25) is 0 Å². The van der Waals surface area contributed by atoms with Crippen LogP contribution in [0.25, 0.3) is 0 Å². The van der Waals surface area contributed by atoms with Gasteiger partial charge in [-0.15, -0.1) is 0 Å². The van der Waals surface area contributed by atoms with Gasteiger partial charge in [-0.25, -0.2) is 9.97 Å². The number of rotatable bonds is 7. The molecule has 1 unspecified atom stereocenters. The molecule has 0 aromatic carbocycles. The Balaban J connectivity index is 2.03. The zero-order chi connectivity index (χ0) is 12.5. The van der Waals surface area contributed by atoms with Crippen molar-refractivity contribution in [3.63, 3.8) is 0 Å². The fourth-order valence-corrected chi connectivity index (χ4v) is 1.69. The molecule has 0 saturated heterocycles. The topological polar surface area (TPSA) is 52.1 Å². The summed E-state index contributed by atoms with van der Waals surface area (Å²) in [4.78, 5) is 19.0. The molecule has 17 heavy (non-hydrogen) atoms. The molecule has 0 aliphatic rings. The van der Waals surface area contributed by atoms with Crippen molar-refractivity contribution in [2.45, 2.75) is 52.1 Å². The van der Waals surface area contributed by atoms with Crippen LogP contribution in [-0.2, 0) is 16.0 Å². The maximum absolute atomic E-state index is 10.7. The molecule has 0 aliphatic heterocycles. The van der Waals surface area contributed by atoms with Crippen molar-refractivity contribution in [3.05, 3.63) is 24.3 Å². The summed E-state index contributed by atoms with van der Waals surface area (Å²) in [7, 11) is 0. The predicted molar refractivity (Wildman–Crippen MR) is 65.4 cm³/mol. The lowest BCUT2D eigenvalue weighted by Gasteiger charge is -2.10. The Kier molecular flexibility index (Phi) is 6.22. The largest absolute Gasteiger partial charge is 0.463 e. The second-order valence-electron chi connectivity index (χ2n) is 4.18. The van der Waals surface area contributed by atoms with E-state index in [0.717, 1.165) is 37.9 Å². The van der Waals surface area contributed by atoms with Gasteiger partial charge in [-0.05, 0) is 32.3 Å². The molecule has 94 valence electrons. The summed E-state index contributed by atoms with van der Waals surface area (Å²) in [6.45, 7) is 3.38. The summed E-state index contributed by atoms with van der Waals surface area (Å²) < 4.78 is 5.05. The van der Waals surface area contributed by atoms with Crippen molar-refractivity contribution in [1.29, 1.82) is 0 Å². The van der Waals surface area contributed by atoms with Gasteiger partial charge in [0, 0.05) is 25.7 Å². The number of carbonyl (C=O) groups is 1. The SMILES string of the molecule is CC(=O)OC(C)CCCCCc1ncccn1. The van der Waals surface area contributed by atoms with E-state index in [1.807, 2.05) is 13.0 Å². The molecular formula is C13H20N2O2. The molecule has 0 N–H and O–H groups in total. The number of aryl methyl sites for hydroxylation is 1. The van der Waals surface area contributed by atoms with Gasteiger partial charge >= 0.3 is 5.97 Å². The van der Waals surface area contributed by atoms with Gasteiger partial charge in [-0.3, -0.25) is 4.79 Å². The molecule has 0 radical (unpaired) electrons. The molecule has 1 rings (SSSR count). The van der Waals surface area contributed by atoms with Gasteiger partial charge in [0.05, 0.1) is 6.10 Å². The van der Waals surface area contributed by atoms with Crippen molar-refractivity contribution in [3.8, 4) is 0 Å². The first-order valence-corrected chi connectivity index (χ1v) is 6.11. The third-order valence-electron chi connectivity index (χ3n) is 2.50. The van der Waals surface area contributed by atoms with Gasteiger partial charge in [0.2, 0.25) is 0 Å². The van der Waals surface area contributed by atoms with E-state index in [1.54, 1.807) is 12.4 Å². The Bertz CT molecular complexity index is 327. The predicted octanol–water partition coefficient (Wildman–Crippen LogP) is 2.53. The van der Waals surface area contributed by atoms with Gasteiger partial charge in [-0.1, -0.05) is 6.42 Å². The first-order chi connectivity index (χ1) is 8.18. The lowest BCUT2D eigenvalue weighted by molar-refractivity contribution is -0.145. The third kappa shape index (κ3) is 6.66. The summed E-state index contributed by atoms with van der Waals surface area (Å²) in [5.74, 6) is 0.704. The summed E-state index contributed by atoms with van der Waals surface area (Å²) in [6, 6.07) is 1.82. The molecule has 1 atom stereocenters. The third-order valence-corrected chi connectivity index (χ3v) is 2.50. The number of nitrogens with zero attached hydrogens (tertiary/aromatic N) is 2. The molecular weight excluding hydrogens is 216 g/mol. The number of carbonyl (C=O) groups excluding carboxylic acids is 1. The molecule has 4 nitrogen and oxygen atoms in total. The van der Waals surface area contributed by atoms with Crippen LogP contribution < -0.4 is 0 Å². The van der Waals surface area contributed by atoms with Gasteiger partial charge in [0.15, 0.2) is 0 Å². The van der Waals surface area contributed by atoms with Gasteiger partial charge in [-0.2, -0.15) is 0 Å². The Labute approximate surface area is 102 Å². The Morgan fingerprint density at radius 1 is 1.29 bits per heavy atom. The molecule has 1 heterocycles. The molecule has 1 aromatic heterocycles. The smallest absolute Gasteiger partial charge is 0.302 e. The van der Waals surface area contributed by atoms with E-state index in [1.165, 1.54) is 6.92 Å². The number of hydrogen-bond donors (Lipinski definition) is 0. The molecule has 0 bridgehead atoms. The minimum atomic E-state index is -0.199. The quantitative estimate of drug-likeness (QED) is 0.539. The second-order valence-corrected chi connectivity index (χ2v) is 4.18. The van der Waals surface area contributed by atoms with Crippen LogP contribution in [0.5, 0.6) is 0 Å². The van der Waals surface area contributed by atoms with Gasteiger partial charge in [0.1, 0.15) is 5.82 Å². The summed E-state index contributed by atoms with van der Waals surface area (Å²) in [5.41, 5.74) is 0. The molecule has 0 spiro atoms. The highest BCUT2D eigenvalue weighted by Crippen LogP contribution is 2.08. The number of aromatic nitrogens is 2. The second kappa shape index (κ2) is 7.76. The highest BCUT2D eigenvalue weighted by atomic mass is 16.5.